The van der Waals surface area contributed by atoms with Gasteiger partial charge in [-0.25, -0.2) is 14.8 Å². The molecule has 1 amide bonds. The first kappa shape index (κ1) is 16.3. The molecule has 26 heavy (non-hydrogen) atoms. The van der Waals surface area contributed by atoms with Gasteiger partial charge in [0, 0.05) is 13.1 Å². The van der Waals surface area contributed by atoms with Gasteiger partial charge in [0.2, 0.25) is 0 Å². The minimum Gasteiger partial charge on any atom is -0.484 e. The summed E-state index contributed by atoms with van der Waals surface area (Å²) in [5.41, 5.74) is 1.94. The van der Waals surface area contributed by atoms with Crippen molar-refractivity contribution in [3.05, 3.63) is 52.8 Å². The van der Waals surface area contributed by atoms with Crippen molar-refractivity contribution in [3.8, 4) is 5.75 Å². The number of likely N-dealkylation sites (tertiary alicyclic amines) is 1. The number of benzene rings is 1. The standard InChI is InChI=1S/C18H19N5O3/c1-12-4-2-3-5-15(12)26-10-16(24)22-7-6-13(9-22)23-17-14(21-18(23)25)8-19-11-20-17/h2-5,8,11,13H,6-7,9-10H2,1H3,(H,21,25)/t13-/m0/s1. The minimum atomic E-state index is -0.226. The highest BCUT2D eigenvalue weighted by atomic mass is 16.5. The number of hydrogen-bond donors (Lipinski definition) is 1. The van der Waals surface area contributed by atoms with Crippen LogP contribution in [0.3, 0.4) is 0 Å². The van der Waals surface area contributed by atoms with E-state index < -0.39 is 0 Å². The SMILES string of the molecule is Cc1ccccc1OCC(=O)N1CC[C@H](n2c(=O)[nH]c3cncnc32)C1. The number of rotatable bonds is 4. The Morgan fingerprint density at radius 2 is 2.23 bits per heavy atom. The Morgan fingerprint density at radius 1 is 1.38 bits per heavy atom. The van der Waals surface area contributed by atoms with Gasteiger partial charge in [0.05, 0.1) is 12.2 Å². The number of aromatic amines is 1. The molecule has 8 heteroatoms. The Bertz CT molecular complexity index is 1010. The molecule has 0 aliphatic carbocycles. The molecule has 1 saturated heterocycles. The van der Waals surface area contributed by atoms with Crippen LogP contribution in [0.25, 0.3) is 11.2 Å². The molecule has 1 aliphatic rings. The smallest absolute Gasteiger partial charge is 0.328 e. The maximum absolute atomic E-state index is 12.5. The molecule has 0 spiro atoms. The fourth-order valence-electron chi connectivity index (χ4n) is 3.34. The zero-order chi connectivity index (χ0) is 18.1. The monoisotopic (exact) mass is 353 g/mol. The van der Waals surface area contributed by atoms with Crippen molar-refractivity contribution in [2.24, 2.45) is 0 Å². The highest BCUT2D eigenvalue weighted by Gasteiger charge is 2.30. The number of H-pyrrole nitrogens is 1. The number of para-hydroxylation sites is 1. The summed E-state index contributed by atoms with van der Waals surface area (Å²) in [6.45, 7) is 2.98. The number of ether oxygens (including phenoxy) is 1. The largest absolute Gasteiger partial charge is 0.484 e. The van der Waals surface area contributed by atoms with Gasteiger partial charge in [0.1, 0.15) is 17.6 Å². The van der Waals surface area contributed by atoms with Crippen LogP contribution < -0.4 is 10.4 Å². The van der Waals surface area contributed by atoms with E-state index >= 15 is 0 Å². The molecule has 4 rings (SSSR count). The Balaban J connectivity index is 1.45. The number of aryl methyl sites for hydroxylation is 1. The van der Waals surface area contributed by atoms with Gasteiger partial charge in [-0.15, -0.1) is 0 Å². The zero-order valence-corrected chi connectivity index (χ0v) is 14.4. The number of hydrogen-bond acceptors (Lipinski definition) is 5. The first-order valence-electron chi connectivity index (χ1n) is 8.50. The highest BCUT2D eigenvalue weighted by molar-refractivity contribution is 5.78. The van der Waals surface area contributed by atoms with E-state index in [-0.39, 0.29) is 24.2 Å². The number of amides is 1. The maximum atomic E-state index is 12.5. The lowest BCUT2D eigenvalue weighted by Crippen LogP contribution is -2.34. The topological polar surface area (TPSA) is 93.1 Å². The molecule has 3 heterocycles. The summed E-state index contributed by atoms with van der Waals surface area (Å²) >= 11 is 0. The second-order valence-electron chi connectivity index (χ2n) is 6.40. The fourth-order valence-corrected chi connectivity index (χ4v) is 3.34. The van der Waals surface area contributed by atoms with Crippen LogP contribution in [0.4, 0.5) is 0 Å². The third-order valence-electron chi connectivity index (χ3n) is 4.71. The van der Waals surface area contributed by atoms with Crippen molar-refractivity contribution in [2.45, 2.75) is 19.4 Å². The predicted molar refractivity (Wildman–Crippen MR) is 95.1 cm³/mol. The fraction of sp³-hybridized carbons (Fsp3) is 0.333. The Hall–Kier alpha value is -3.16. The lowest BCUT2D eigenvalue weighted by molar-refractivity contribution is -0.132. The number of aromatic nitrogens is 4. The number of nitrogens with zero attached hydrogens (tertiary/aromatic N) is 4. The van der Waals surface area contributed by atoms with Crippen LogP contribution >= 0.6 is 0 Å². The Labute approximate surface area is 149 Å². The highest BCUT2D eigenvalue weighted by Crippen LogP contribution is 2.23. The van der Waals surface area contributed by atoms with Gasteiger partial charge in [-0.1, -0.05) is 18.2 Å². The van der Waals surface area contributed by atoms with Crippen LogP contribution in [-0.4, -0.2) is 50.0 Å². The molecule has 0 saturated carbocycles. The van der Waals surface area contributed by atoms with Crippen molar-refractivity contribution in [1.82, 2.24) is 24.4 Å². The molecule has 0 radical (unpaired) electrons. The maximum Gasteiger partial charge on any atom is 0.328 e. The zero-order valence-electron chi connectivity index (χ0n) is 14.4. The molecule has 1 N–H and O–H groups in total. The summed E-state index contributed by atoms with van der Waals surface area (Å²) < 4.78 is 7.26. The van der Waals surface area contributed by atoms with E-state index in [9.17, 15) is 9.59 Å². The molecule has 1 aliphatic heterocycles. The van der Waals surface area contributed by atoms with Crippen molar-refractivity contribution in [2.75, 3.05) is 19.7 Å². The average molecular weight is 353 g/mol. The molecule has 1 aromatic carbocycles. The molecule has 0 bridgehead atoms. The van der Waals surface area contributed by atoms with E-state index in [1.165, 1.54) is 6.33 Å². The summed E-state index contributed by atoms with van der Waals surface area (Å²) in [6, 6.07) is 7.49. The molecule has 1 atom stereocenters. The molecule has 1 fully saturated rings. The van der Waals surface area contributed by atoms with E-state index in [1.54, 1.807) is 15.7 Å². The van der Waals surface area contributed by atoms with Gasteiger partial charge in [-0.2, -0.15) is 0 Å². The molecular formula is C18H19N5O3. The van der Waals surface area contributed by atoms with Gasteiger partial charge in [-0.3, -0.25) is 9.36 Å². The summed E-state index contributed by atoms with van der Waals surface area (Å²) in [6.07, 6.45) is 3.70. The third kappa shape index (κ3) is 2.94. The van der Waals surface area contributed by atoms with Gasteiger partial charge in [-0.05, 0) is 25.0 Å². The van der Waals surface area contributed by atoms with Crippen LogP contribution in [-0.2, 0) is 4.79 Å². The summed E-state index contributed by atoms with van der Waals surface area (Å²) in [4.78, 5) is 37.3. The minimum absolute atomic E-state index is 0.0114. The van der Waals surface area contributed by atoms with E-state index in [0.717, 1.165) is 5.56 Å². The molecule has 3 aromatic rings. The van der Waals surface area contributed by atoms with Crippen molar-refractivity contribution >= 4 is 17.1 Å². The second-order valence-corrected chi connectivity index (χ2v) is 6.40. The van der Waals surface area contributed by atoms with Crippen LogP contribution in [0, 0.1) is 6.92 Å². The Morgan fingerprint density at radius 3 is 3.08 bits per heavy atom. The Kier molecular flexibility index (Phi) is 4.16. The summed E-state index contributed by atoms with van der Waals surface area (Å²) in [7, 11) is 0. The van der Waals surface area contributed by atoms with Crippen molar-refractivity contribution in [3.63, 3.8) is 0 Å². The molecule has 8 nitrogen and oxygen atoms in total. The molecule has 134 valence electrons. The second kappa shape index (κ2) is 6.62. The number of nitrogens with one attached hydrogen (secondary N) is 1. The van der Waals surface area contributed by atoms with Crippen LogP contribution in [0.15, 0.2) is 41.6 Å². The van der Waals surface area contributed by atoms with Crippen molar-refractivity contribution < 1.29 is 9.53 Å². The van der Waals surface area contributed by atoms with Gasteiger partial charge >= 0.3 is 5.69 Å². The van der Waals surface area contributed by atoms with Gasteiger partial charge in [0.25, 0.3) is 5.91 Å². The third-order valence-corrected chi connectivity index (χ3v) is 4.71. The van der Waals surface area contributed by atoms with E-state index in [0.29, 0.717) is 36.4 Å². The predicted octanol–water partition coefficient (Wildman–Crippen LogP) is 1.28. The van der Waals surface area contributed by atoms with Crippen LogP contribution in [0.2, 0.25) is 0 Å². The summed E-state index contributed by atoms with van der Waals surface area (Å²) in [5, 5.41) is 0. The number of carbonyl (C=O) groups excluding carboxylic acids is 1. The first-order chi connectivity index (χ1) is 12.6. The lowest BCUT2D eigenvalue weighted by atomic mass is 10.2. The van der Waals surface area contributed by atoms with Gasteiger partial charge < -0.3 is 14.6 Å². The number of fused-ring (bicyclic) bond motifs is 1. The number of imidazole rings is 1. The normalized spacial score (nSPS) is 17.0. The lowest BCUT2D eigenvalue weighted by Gasteiger charge is -2.17. The first-order valence-corrected chi connectivity index (χ1v) is 8.50. The van der Waals surface area contributed by atoms with E-state index in [4.69, 9.17) is 4.74 Å². The number of carbonyl (C=O) groups is 1. The van der Waals surface area contributed by atoms with Crippen LogP contribution in [0.5, 0.6) is 5.75 Å². The average Bonchev–Trinajstić information content (AvgIpc) is 3.24. The van der Waals surface area contributed by atoms with Gasteiger partial charge in [0.15, 0.2) is 12.3 Å². The molecule has 2 aromatic heterocycles. The quantitative estimate of drug-likeness (QED) is 0.763. The van der Waals surface area contributed by atoms with Crippen LogP contribution in [0.1, 0.15) is 18.0 Å². The molecular weight excluding hydrogens is 334 g/mol. The summed E-state index contributed by atoms with van der Waals surface area (Å²) in [5.74, 6) is 0.624. The molecule has 0 unspecified atom stereocenters. The van der Waals surface area contributed by atoms with E-state index in [1.807, 2.05) is 31.2 Å². The van der Waals surface area contributed by atoms with Crippen molar-refractivity contribution in [1.29, 1.82) is 0 Å². The van der Waals surface area contributed by atoms with E-state index in [2.05, 4.69) is 15.0 Å².